The zero-order valence-corrected chi connectivity index (χ0v) is 15.1. The molecule has 0 amide bonds. The molecule has 8 heteroatoms. The second-order valence-electron chi connectivity index (χ2n) is 5.03. The van der Waals surface area contributed by atoms with E-state index < -0.39 is 5.25 Å². The topological polar surface area (TPSA) is 74.3 Å². The third-order valence-electron chi connectivity index (χ3n) is 3.58. The van der Waals surface area contributed by atoms with E-state index in [0.717, 1.165) is 5.56 Å². The molecular weight excluding hydrogens is 348 g/mol. The van der Waals surface area contributed by atoms with E-state index in [9.17, 15) is 9.59 Å². The summed E-state index contributed by atoms with van der Waals surface area (Å²) in [6.07, 6.45) is 1.58. The number of carbonyl (C=O) groups excluding carboxylic acids is 1. The van der Waals surface area contributed by atoms with Crippen molar-refractivity contribution in [2.45, 2.75) is 30.8 Å². The van der Waals surface area contributed by atoms with Gasteiger partial charge in [-0.3, -0.25) is 14.2 Å². The number of ether oxygens (including phenoxy) is 1. The maximum atomic E-state index is 12.9. The Morgan fingerprint density at radius 1 is 1.54 bits per heavy atom. The predicted octanol–water partition coefficient (Wildman–Crippen LogP) is 3.39. The van der Waals surface area contributed by atoms with Crippen molar-refractivity contribution in [3.8, 4) is 11.3 Å². The van der Waals surface area contributed by atoms with E-state index in [1.54, 1.807) is 23.8 Å². The Morgan fingerprint density at radius 3 is 2.96 bits per heavy atom. The van der Waals surface area contributed by atoms with Gasteiger partial charge in [-0.05, 0) is 26.0 Å². The number of hydrogen-bond donors (Lipinski definition) is 0. The Morgan fingerprint density at radius 2 is 2.33 bits per heavy atom. The van der Waals surface area contributed by atoms with Gasteiger partial charge in [0.25, 0.3) is 5.56 Å². The first-order chi connectivity index (χ1) is 11.6. The van der Waals surface area contributed by atoms with Crippen molar-refractivity contribution in [1.29, 1.82) is 0 Å². The Bertz CT molecular complexity index is 928. The highest BCUT2D eigenvalue weighted by Gasteiger charge is 2.22. The Labute approximate surface area is 146 Å². The molecule has 0 fully saturated rings. The van der Waals surface area contributed by atoms with Crippen LogP contribution in [0.15, 0.2) is 38.1 Å². The third kappa shape index (κ3) is 2.87. The summed E-state index contributed by atoms with van der Waals surface area (Å²) in [4.78, 5) is 29.8. The largest absolute Gasteiger partial charge is 0.468 e. The van der Waals surface area contributed by atoms with Gasteiger partial charge >= 0.3 is 5.97 Å². The molecule has 3 heterocycles. The van der Waals surface area contributed by atoms with Crippen LogP contribution in [0.4, 0.5) is 0 Å². The summed E-state index contributed by atoms with van der Waals surface area (Å²) in [6.45, 7) is 4.07. The number of nitrogens with zero attached hydrogens (tertiary/aromatic N) is 2. The van der Waals surface area contributed by atoms with Crippen molar-refractivity contribution < 1.29 is 13.9 Å². The smallest absolute Gasteiger partial charge is 0.318 e. The first-order valence-electron chi connectivity index (χ1n) is 7.37. The fourth-order valence-electron chi connectivity index (χ4n) is 2.36. The zero-order valence-electron chi connectivity index (χ0n) is 13.4. The molecule has 0 aliphatic heterocycles. The van der Waals surface area contributed by atoms with E-state index in [0.29, 0.717) is 27.7 Å². The lowest BCUT2D eigenvalue weighted by atomic mass is 10.2. The summed E-state index contributed by atoms with van der Waals surface area (Å²) in [6, 6.07) is 3.60. The van der Waals surface area contributed by atoms with Crippen molar-refractivity contribution in [3.63, 3.8) is 0 Å². The van der Waals surface area contributed by atoms with Crippen molar-refractivity contribution in [2.24, 2.45) is 0 Å². The van der Waals surface area contributed by atoms with Crippen molar-refractivity contribution in [2.75, 3.05) is 7.11 Å². The lowest BCUT2D eigenvalue weighted by molar-refractivity contribution is -0.139. The standard InChI is InChI=1S/C16H16N2O4S2/c1-4-18-14(19)12-10(11-6-5-7-22-11)8-23-13(12)17-16(18)24-9(2)15(20)21-3/h5-9H,4H2,1-3H3/t9-/m1/s1. The van der Waals surface area contributed by atoms with E-state index in [1.807, 2.05) is 18.4 Å². The minimum atomic E-state index is -0.443. The molecule has 0 saturated heterocycles. The van der Waals surface area contributed by atoms with Crippen LogP contribution >= 0.6 is 23.1 Å². The number of methoxy groups -OCH3 is 1. The molecule has 3 rings (SSSR count). The van der Waals surface area contributed by atoms with Crippen LogP contribution < -0.4 is 5.56 Å². The van der Waals surface area contributed by atoms with Gasteiger partial charge in [-0.1, -0.05) is 11.8 Å². The molecule has 0 aliphatic rings. The fourth-order valence-corrected chi connectivity index (χ4v) is 4.33. The van der Waals surface area contributed by atoms with Gasteiger partial charge in [0.2, 0.25) is 0 Å². The van der Waals surface area contributed by atoms with Gasteiger partial charge in [0, 0.05) is 17.5 Å². The summed E-state index contributed by atoms with van der Waals surface area (Å²) >= 11 is 2.61. The lowest BCUT2D eigenvalue weighted by Crippen LogP contribution is -2.24. The van der Waals surface area contributed by atoms with Crippen LogP contribution in [0.25, 0.3) is 21.5 Å². The zero-order chi connectivity index (χ0) is 17.3. The van der Waals surface area contributed by atoms with Gasteiger partial charge in [-0.25, -0.2) is 4.98 Å². The molecule has 6 nitrogen and oxygen atoms in total. The molecule has 0 aliphatic carbocycles. The minimum Gasteiger partial charge on any atom is -0.468 e. The van der Waals surface area contributed by atoms with Crippen LogP contribution in [0, 0.1) is 0 Å². The lowest BCUT2D eigenvalue weighted by Gasteiger charge is -2.13. The Balaban J connectivity index is 2.13. The predicted molar refractivity (Wildman–Crippen MR) is 94.6 cm³/mol. The van der Waals surface area contributed by atoms with Gasteiger partial charge in [0.05, 0.1) is 18.8 Å². The highest BCUT2D eigenvalue weighted by molar-refractivity contribution is 8.00. The second kappa shape index (κ2) is 6.82. The fraction of sp³-hybridized carbons (Fsp3) is 0.312. The van der Waals surface area contributed by atoms with E-state index in [2.05, 4.69) is 4.98 Å². The van der Waals surface area contributed by atoms with Gasteiger partial charge in [0.1, 0.15) is 15.8 Å². The van der Waals surface area contributed by atoms with Crippen molar-refractivity contribution in [3.05, 3.63) is 34.1 Å². The maximum Gasteiger partial charge on any atom is 0.318 e. The van der Waals surface area contributed by atoms with Gasteiger partial charge in [-0.15, -0.1) is 11.3 Å². The molecule has 0 bridgehead atoms. The van der Waals surface area contributed by atoms with E-state index in [1.165, 1.54) is 30.2 Å². The Hall–Kier alpha value is -2.06. The maximum absolute atomic E-state index is 12.9. The highest BCUT2D eigenvalue weighted by Crippen LogP contribution is 2.33. The number of thiophene rings is 1. The van der Waals surface area contributed by atoms with Crippen LogP contribution in [-0.4, -0.2) is 27.9 Å². The van der Waals surface area contributed by atoms with Gasteiger partial charge in [-0.2, -0.15) is 0 Å². The first kappa shape index (κ1) is 16.8. The number of esters is 1. The van der Waals surface area contributed by atoms with Gasteiger partial charge < -0.3 is 9.15 Å². The third-order valence-corrected chi connectivity index (χ3v) is 5.52. The summed E-state index contributed by atoms with van der Waals surface area (Å²) in [5, 5.41) is 2.49. The monoisotopic (exact) mass is 364 g/mol. The second-order valence-corrected chi connectivity index (χ2v) is 7.20. The van der Waals surface area contributed by atoms with Crippen LogP contribution in [0.5, 0.6) is 0 Å². The van der Waals surface area contributed by atoms with Crippen LogP contribution in [0.1, 0.15) is 13.8 Å². The molecule has 0 saturated carbocycles. The number of fused-ring (bicyclic) bond motifs is 1. The number of carbonyl (C=O) groups is 1. The molecule has 24 heavy (non-hydrogen) atoms. The van der Waals surface area contributed by atoms with Gasteiger partial charge in [0.15, 0.2) is 5.16 Å². The normalized spacial score (nSPS) is 12.5. The molecule has 0 aromatic carbocycles. The average molecular weight is 364 g/mol. The SMILES string of the molecule is CCn1c(S[C@H](C)C(=O)OC)nc2scc(-c3ccco3)c2c1=O. The number of thioether (sulfide) groups is 1. The molecular formula is C16H16N2O4S2. The number of rotatable bonds is 5. The average Bonchev–Trinajstić information content (AvgIpc) is 3.23. The molecule has 3 aromatic heterocycles. The van der Waals surface area contributed by atoms with E-state index >= 15 is 0 Å². The highest BCUT2D eigenvalue weighted by atomic mass is 32.2. The molecule has 0 N–H and O–H groups in total. The number of hydrogen-bond acceptors (Lipinski definition) is 7. The summed E-state index contributed by atoms with van der Waals surface area (Å²) in [7, 11) is 1.35. The minimum absolute atomic E-state index is 0.130. The van der Waals surface area contributed by atoms with Crippen molar-refractivity contribution >= 4 is 39.3 Å². The van der Waals surface area contributed by atoms with Crippen LogP contribution in [0.2, 0.25) is 0 Å². The number of aromatic nitrogens is 2. The quantitative estimate of drug-likeness (QED) is 0.392. The molecule has 126 valence electrons. The van der Waals surface area contributed by atoms with Crippen LogP contribution in [0.3, 0.4) is 0 Å². The van der Waals surface area contributed by atoms with Crippen molar-refractivity contribution in [1.82, 2.24) is 9.55 Å². The molecule has 0 spiro atoms. The summed E-state index contributed by atoms with van der Waals surface area (Å²) < 4.78 is 11.7. The van der Waals surface area contributed by atoms with Crippen LogP contribution in [-0.2, 0) is 16.1 Å². The molecule has 0 unspecified atom stereocenters. The number of furan rings is 1. The Kier molecular flexibility index (Phi) is 4.77. The molecule has 3 aromatic rings. The first-order valence-corrected chi connectivity index (χ1v) is 9.13. The molecule has 0 radical (unpaired) electrons. The molecule has 1 atom stereocenters. The summed E-state index contributed by atoms with van der Waals surface area (Å²) in [5.74, 6) is 0.297. The summed E-state index contributed by atoms with van der Waals surface area (Å²) in [5.41, 5.74) is 0.618. The van der Waals surface area contributed by atoms with E-state index in [-0.39, 0.29) is 11.5 Å². The van der Waals surface area contributed by atoms with E-state index in [4.69, 9.17) is 9.15 Å².